The Morgan fingerprint density at radius 1 is 1.32 bits per heavy atom. The molecule has 1 saturated heterocycles. The van der Waals surface area contributed by atoms with Crippen molar-refractivity contribution in [2.24, 2.45) is 7.05 Å². The van der Waals surface area contributed by atoms with Gasteiger partial charge in [0.25, 0.3) is 5.91 Å². The average Bonchev–Trinajstić information content (AvgIpc) is 3.30. The maximum absolute atomic E-state index is 13.9. The van der Waals surface area contributed by atoms with E-state index in [0.717, 1.165) is 43.1 Å². The van der Waals surface area contributed by atoms with Crippen molar-refractivity contribution in [1.82, 2.24) is 25.1 Å². The second-order valence-electron chi connectivity index (χ2n) is 6.41. The minimum atomic E-state index is -0.362. The minimum absolute atomic E-state index is 0. The summed E-state index contributed by atoms with van der Waals surface area (Å²) in [4.78, 5) is 21.6. The molecule has 0 bridgehead atoms. The van der Waals surface area contributed by atoms with Crippen LogP contribution in [0.3, 0.4) is 0 Å². The van der Waals surface area contributed by atoms with Gasteiger partial charge in [-0.05, 0) is 38.1 Å². The number of anilines is 1. The Hall–Kier alpha value is -2.36. The second kappa shape index (κ2) is 8.76. The number of aromatic nitrogens is 4. The Morgan fingerprint density at radius 3 is 2.82 bits per heavy atom. The standard InChI is InChI=1S/C18H19FN6OS.ClH/c1-25-18(22-15(24-25)11-6-8-20-9-7-11)23-16(26)14-10-21-17(27-14)12-4-2-3-5-13(12)19;/h2-5,10-11,20H,6-9H2,1H3,(H,22,23,24,26);1H. The molecular formula is C18H20ClFN6OS. The molecule has 1 fully saturated rings. The van der Waals surface area contributed by atoms with Crippen LogP contribution < -0.4 is 10.6 Å². The third-order valence-electron chi connectivity index (χ3n) is 4.54. The molecule has 2 aromatic heterocycles. The first kappa shape index (κ1) is 20.4. The molecule has 7 nitrogen and oxygen atoms in total. The summed E-state index contributed by atoms with van der Waals surface area (Å²) in [7, 11) is 1.75. The maximum atomic E-state index is 13.9. The lowest BCUT2D eigenvalue weighted by Gasteiger charge is -2.19. The molecule has 1 aliphatic rings. The number of aryl methyl sites for hydroxylation is 1. The van der Waals surface area contributed by atoms with Crippen molar-refractivity contribution < 1.29 is 9.18 Å². The van der Waals surface area contributed by atoms with Crippen molar-refractivity contribution in [2.45, 2.75) is 18.8 Å². The zero-order chi connectivity index (χ0) is 18.8. The van der Waals surface area contributed by atoms with Crippen molar-refractivity contribution in [3.05, 3.63) is 47.0 Å². The van der Waals surface area contributed by atoms with E-state index in [9.17, 15) is 9.18 Å². The number of carbonyl (C=O) groups is 1. The first-order chi connectivity index (χ1) is 13.1. The molecule has 2 N–H and O–H groups in total. The monoisotopic (exact) mass is 422 g/mol. The van der Waals surface area contributed by atoms with E-state index in [1.54, 1.807) is 29.9 Å². The van der Waals surface area contributed by atoms with E-state index >= 15 is 0 Å². The zero-order valence-electron chi connectivity index (χ0n) is 15.2. The van der Waals surface area contributed by atoms with E-state index in [1.165, 1.54) is 12.3 Å². The number of benzene rings is 1. The Balaban J connectivity index is 0.00000225. The molecule has 0 saturated carbocycles. The van der Waals surface area contributed by atoms with Gasteiger partial charge in [0, 0.05) is 18.5 Å². The third kappa shape index (κ3) is 4.21. The topological polar surface area (TPSA) is 84.7 Å². The molecule has 148 valence electrons. The molecular weight excluding hydrogens is 403 g/mol. The van der Waals surface area contributed by atoms with E-state index in [0.29, 0.717) is 27.3 Å². The SMILES string of the molecule is Cl.Cn1nc(C2CCNCC2)nc1NC(=O)c1cnc(-c2ccccc2F)s1. The molecule has 4 rings (SSSR count). The van der Waals surface area contributed by atoms with Crippen LogP contribution in [-0.2, 0) is 7.05 Å². The first-order valence-electron chi connectivity index (χ1n) is 8.75. The summed E-state index contributed by atoms with van der Waals surface area (Å²) in [5.74, 6) is 0.764. The molecule has 1 aromatic carbocycles. The number of amides is 1. The highest BCUT2D eigenvalue weighted by molar-refractivity contribution is 7.17. The highest BCUT2D eigenvalue weighted by Crippen LogP contribution is 2.28. The summed E-state index contributed by atoms with van der Waals surface area (Å²) in [6, 6.07) is 6.37. The average molecular weight is 423 g/mol. The quantitative estimate of drug-likeness (QED) is 0.674. The Morgan fingerprint density at radius 2 is 2.07 bits per heavy atom. The van der Waals surface area contributed by atoms with Crippen molar-refractivity contribution >= 4 is 35.6 Å². The van der Waals surface area contributed by atoms with Crippen molar-refractivity contribution in [2.75, 3.05) is 18.4 Å². The molecule has 0 radical (unpaired) electrons. The minimum Gasteiger partial charge on any atom is -0.317 e. The lowest BCUT2D eigenvalue weighted by Crippen LogP contribution is -2.27. The van der Waals surface area contributed by atoms with E-state index in [-0.39, 0.29) is 24.1 Å². The Kier molecular flexibility index (Phi) is 6.38. The van der Waals surface area contributed by atoms with Gasteiger partial charge in [-0.1, -0.05) is 12.1 Å². The summed E-state index contributed by atoms with van der Waals surface area (Å²) < 4.78 is 15.5. The van der Waals surface area contributed by atoms with Gasteiger partial charge in [0.05, 0.1) is 6.20 Å². The van der Waals surface area contributed by atoms with Gasteiger partial charge >= 0.3 is 0 Å². The van der Waals surface area contributed by atoms with E-state index in [4.69, 9.17) is 0 Å². The highest BCUT2D eigenvalue weighted by Gasteiger charge is 2.22. The lowest BCUT2D eigenvalue weighted by molar-refractivity contribution is 0.102. The molecule has 0 atom stereocenters. The number of nitrogens with zero attached hydrogens (tertiary/aromatic N) is 4. The largest absolute Gasteiger partial charge is 0.317 e. The van der Waals surface area contributed by atoms with Crippen LogP contribution in [0.15, 0.2) is 30.5 Å². The molecule has 1 aliphatic heterocycles. The summed E-state index contributed by atoms with van der Waals surface area (Å²) >= 11 is 1.14. The number of hydrogen-bond donors (Lipinski definition) is 2. The van der Waals surface area contributed by atoms with Crippen LogP contribution in [0, 0.1) is 5.82 Å². The lowest BCUT2D eigenvalue weighted by atomic mass is 9.98. The molecule has 3 heterocycles. The number of piperidine rings is 1. The summed E-state index contributed by atoms with van der Waals surface area (Å²) in [5, 5.41) is 11.0. The number of carbonyl (C=O) groups excluding carboxylic acids is 1. The number of nitrogens with one attached hydrogen (secondary N) is 2. The fourth-order valence-corrected chi connectivity index (χ4v) is 3.91. The second-order valence-corrected chi connectivity index (χ2v) is 7.44. The molecule has 0 aliphatic carbocycles. The fourth-order valence-electron chi connectivity index (χ4n) is 3.07. The van der Waals surface area contributed by atoms with Gasteiger partial charge in [-0.2, -0.15) is 10.1 Å². The van der Waals surface area contributed by atoms with Crippen LogP contribution in [-0.4, -0.2) is 38.7 Å². The number of thiazole rings is 1. The molecule has 0 spiro atoms. The Bertz CT molecular complexity index is 969. The van der Waals surface area contributed by atoms with E-state index < -0.39 is 0 Å². The molecule has 0 unspecified atom stereocenters. The van der Waals surface area contributed by atoms with Gasteiger partial charge in [-0.3, -0.25) is 10.1 Å². The van der Waals surface area contributed by atoms with Crippen LogP contribution in [0.25, 0.3) is 10.6 Å². The van der Waals surface area contributed by atoms with Crippen LogP contribution >= 0.6 is 23.7 Å². The smallest absolute Gasteiger partial charge is 0.269 e. The van der Waals surface area contributed by atoms with Gasteiger partial charge in [-0.15, -0.1) is 23.7 Å². The van der Waals surface area contributed by atoms with Crippen LogP contribution in [0.2, 0.25) is 0 Å². The summed E-state index contributed by atoms with van der Waals surface area (Å²) in [6.45, 7) is 1.90. The van der Waals surface area contributed by atoms with Crippen molar-refractivity contribution in [3.8, 4) is 10.6 Å². The molecule has 28 heavy (non-hydrogen) atoms. The summed E-state index contributed by atoms with van der Waals surface area (Å²) in [5.41, 5.74) is 0.383. The van der Waals surface area contributed by atoms with Crippen molar-refractivity contribution in [1.29, 1.82) is 0 Å². The normalized spacial score (nSPS) is 14.5. The maximum Gasteiger partial charge on any atom is 0.269 e. The van der Waals surface area contributed by atoms with Crippen LogP contribution in [0.5, 0.6) is 0 Å². The number of halogens is 2. The first-order valence-corrected chi connectivity index (χ1v) is 9.57. The molecule has 1 amide bonds. The summed E-state index contributed by atoms with van der Waals surface area (Å²) in [6.07, 6.45) is 3.42. The molecule has 3 aromatic rings. The Labute approximate surface area is 171 Å². The highest BCUT2D eigenvalue weighted by atomic mass is 35.5. The third-order valence-corrected chi connectivity index (χ3v) is 5.57. The predicted octanol–water partition coefficient (Wildman–Crippen LogP) is 3.22. The van der Waals surface area contributed by atoms with Gasteiger partial charge in [0.2, 0.25) is 5.95 Å². The zero-order valence-corrected chi connectivity index (χ0v) is 16.8. The fraction of sp³-hybridized carbons (Fsp3) is 0.333. The van der Waals surface area contributed by atoms with Crippen LogP contribution in [0.1, 0.15) is 34.3 Å². The number of rotatable bonds is 4. The van der Waals surface area contributed by atoms with Gasteiger partial charge in [0.1, 0.15) is 15.7 Å². The van der Waals surface area contributed by atoms with Gasteiger partial charge in [-0.25, -0.2) is 14.1 Å². The van der Waals surface area contributed by atoms with E-state index in [1.807, 2.05) is 0 Å². The van der Waals surface area contributed by atoms with Crippen molar-refractivity contribution in [3.63, 3.8) is 0 Å². The van der Waals surface area contributed by atoms with E-state index in [2.05, 4.69) is 25.7 Å². The number of hydrogen-bond acceptors (Lipinski definition) is 6. The van der Waals surface area contributed by atoms with Gasteiger partial charge < -0.3 is 5.32 Å². The van der Waals surface area contributed by atoms with Crippen LogP contribution in [0.4, 0.5) is 10.3 Å². The van der Waals surface area contributed by atoms with Gasteiger partial charge in [0.15, 0.2) is 5.82 Å². The molecule has 10 heteroatoms. The predicted molar refractivity (Wildman–Crippen MR) is 109 cm³/mol.